The predicted molar refractivity (Wildman–Crippen MR) is 51.7 cm³/mol. The van der Waals surface area contributed by atoms with Crippen molar-refractivity contribution in [2.45, 2.75) is 6.61 Å². The number of rotatable bonds is 1. The Morgan fingerprint density at radius 2 is 1.54 bits per heavy atom. The first kappa shape index (κ1) is 18.3. The van der Waals surface area contributed by atoms with E-state index in [9.17, 15) is 0 Å². The van der Waals surface area contributed by atoms with Gasteiger partial charge in [0.2, 0.25) is 0 Å². The van der Waals surface area contributed by atoms with Crippen LogP contribution in [0.2, 0.25) is 0 Å². The van der Waals surface area contributed by atoms with Gasteiger partial charge in [-0.05, 0) is 5.56 Å². The summed E-state index contributed by atoms with van der Waals surface area (Å²) in [5.41, 5.74) is 1.91. The Morgan fingerprint density at radius 3 is 1.85 bits per heavy atom. The van der Waals surface area contributed by atoms with Gasteiger partial charge < -0.3 is 10.6 Å². The van der Waals surface area contributed by atoms with Crippen LogP contribution in [0.1, 0.15) is 11.1 Å². The summed E-state index contributed by atoms with van der Waals surface area (Å²) in [5, 5.41) is 8.61. The van der Waals surface area contributed by atoms with Gasteiger partial charge in [0, 0.05) is 21.1 Å². The van der Waals surface area contributed by atoms with Crippen molar-refractivity contribution in [1.29, 1.82) is 0 Å². The van der Waals surface area contributed by atoms with Gasteiger partial charge >= 0.3 is 0 Å². The smallest absolute Gasteiger partial charge is 0.0661 e. The normalized spacial score (nSPS) is 6.85. The molecular weight excluding hydrogens is 336 g/mol. The number of aliphatic hydroxyl groups excluding tert-OH is 1. The van der Waals surface area contributed by atoms with E-state index in [1.807, 2.05) is 24.3 Å². The van der Waals surface area contributed by atoms with E-state index >= 15 is 0 Å². The number of hydrogen-bond acceptors (Lipinski definition) is 1. The van der Waals surface area contributed by atoms with Gasteiger partial charge in [-0.1, -0.05) is 0 Å². The standard InChI is InChI=1S/C8H9O.C2H4.H2O.W/c1-7-2-4-8(6-9)5-3-7;1-2;;/h2-5,9H,1,6H2;1-2H2;1H2;/q-1;;;. The fraction of sp³-hybridized carbons (Fsp3) is 0.100. The Kier molecular flexibility index (Phi) is 16.1. The van der Waals surface area contributed by atoms with Crippen molar-refractivity contribution < 1.29 is 31.6 Å². The monoisotopic (exact) mass is 351 g/mol. The molecule has 0 amide bonds. The SMILES string of the molecule is C=C.O.[CH2-]c1ccc(CO)cc1.[W]. The molecule has 0 aromatic heterocycles. The van der Waals surface area contributed by atoms with Crippen molar-refractivity contribution in [2.75, 3.05) is 0 Å². The van der Waals surface area contributed by atoms with Crippen LogP contribution >= 0.6 is 0 Å². The molecule has 3 heteroatoms. The van der Waals surface area contributed by atoms with Crippen molar-refractivity contribution >= 4 is 0 Å². The molecule has 1 aromatic carbocycles. The zero-order valence-corrected chi connectivity index (χ0v) is 10.4. The van der Waals surface area contributed by atoms with E-state index in [1.54, 1.807) is 0 Å². The third-order valence-electron chi connectivity index (χ3n) is 1.21. The van der Waals surface area contributed by atoms with Crippen LogP contribution in [0.25, 0.3) is 0 Å². The van der Waals surface area contributed by atoms with E-state index in [0.717, 1.165) is 11.1 Å². The summed E-state index contributed by atoms with van der Waals surface area (Å²) < 4.78 is 0. The zero-order valence-electron chi connectivity index (χ0n) is 7.49. The Bertz CT molecular complexity index is 197. The number of aliphatic hydroxyl groups is 1. The third kappa shape index (κ3) is 7.79. The molecule has 0 aliphatic heterocycles. The van der Waals surface area contributed by atoms with Crippen molar-refractivity contribution in [3.05, 3.63) is 55.5 Å². The van der Waals surface area contributed by atoms with Crippen molar-refractivity contribution in [3.63, 3.8) is 0 Å². The van der Waals surface area contributed by atoms with E-state index in [2.05, 4.69) is 20.1 Å². The maximum Gasteiger partial charge on any atom is 0.0661 e. The van der Waals surface area contributed by atoms with Gasteiger partial charge in [-0.3, -0.25) is 0 Å². The molecule has 0 aliphatic rings. The molecule has 0 spiro atoms. The van der Waals surface area contributed by atoms with Crippen LogP contribution in [0.5, 0.6) is 0 Å². The molecule has 74 valence electrons. The molecule has 0 saturated carbocycles. The van der Waals surface area contributed by atoms with Gasteiger partial charge in [-0.15, -0.1) is 25.3 Å². The Balaban J connectivity index is -0.000000234. The van der Waals surface area contributed by atoms with Crippen molar-refractivity contribution in [1.82, 2.24) is 0 Å². The zero-order chi connectivity index (χ0) is 8.69. The molecule has 0 unspecified atom stereocenters. The quantitative estimate of drug-likeness (QED) is 0.603. The molecule has 3 N–H and O–H groups in total. The summed E-state index contributed by atoms with van der Waals surface area (Å²) in [5.74, 6) is 0. The summed E-state index contributed by atoms with van der Waals surface area (Å²) in [6.45, 7) is 9.83. The van der Waals surface area contributed by atoms with Crippen molar-refractivity contribution in [2.24, 2.45) is 0 Å². The van der Waals surface area contributed by atoms with E-state index in [-0.39, 0.29) is 33.1 Å². The molecule has 0 heterocycles. The molecule has 2 nitrogen and oxygen atoms in total. The fourth-order valence-electron chi connectivity index (χ4n) is 0.645. The first-order valence-electron chi connectivity index (χ1n) is 3.34. The van der Waals surface area contributed by atoms with Crippen LogP contribution in [-0.4, -0.2) is 10.6 Å². The average molecular weight is 351 g/mol. The fourth-order valence-corrected chi connectivity index (χ4v) is 0.645. The minimum atomic E-state index is 0. The molecule has 0 radical (unpaired) electrons. The molecule has 0 bridgehead atoms. The largest absolute Gasteiger partial charge is 0.412 e. The molecule has 1 aromatic rings. The molecule has 0 saturated heterocycles. The number of benzene rings is 1. The predicted octanol–water partition coefficient (Wildman–Crippen LogP) is 1.34. The van der Waals surface area contributed by atoms with E-state index in [1.165, 1.54) is 0 Å². The van der Waals surface area contributed by atoms with E-state index in [4.69, 9.17) is 5.11 Å². The molecule has 0 atom stereocenters. The minimum absolute atomic E-state index is 0. The van der Waals surface area contributed by atoms with E-state index < -0.39 is 0 Å². The Morgan fingerprint density at radius 1 is 1.15 bits per heavy atom. The van der Waals surface area contributed by atoms with Crippen LogP contribution in [-0.2, 0) is 27.7 Å². The molecule has 13 heavy (non-hydrogen) atoms. The minimum Gasteiger partial charge on any atom is -0.412 e. The van der Waals surface area contributed by atoms with Gasteiger partial charge in [0.25, 0.3) is 0 Å². The second-order valence-electron chi connectivity index (χ2n) is 1.97. The van der Waals surface area contributed by atoms with Gasteiger partial charge in [-0.25, -0.2) is 0 Å². The summed E-state index contributed by atoms with van der Waals surface area (Å²) in [4.78, 5) is 0. The second-order valence-corrected chi connectivity index (χ2v) is 1.97. The average Bonchev–Trinajstić information content (AvgIpc) is 2.10. The molecule has 0 aliphatic carbocycles. The van der Waals surface area contributed by atoms with Crippen LogP contribution in [0.15, 0.2) is 37.4 Å². The second kappa shape index (κ2) is 11.4. The summed E-state index contributed by atoms with van der Waals surface area (Å²) in [7, 11) is 0. The van der Waals surface area contributed by atoms with Gasteiger partial charge in [-0.2, -0.15) is 24.6 Å². The Labute approximate surface area is 93.9 Å². The van der Waals surface area contributed by atoms with Crippen LogP contribution in [0, 0.1) is 6.92 Å². The first-order valence-corrected chi connectivity index (χ1v) is 3.34. The van der Waals surface area contributed by atoms with Crippen LogP contribution in [0.3, 0.4) is 0 Å². The Hall–Kier alpha value is -0.562. The maximum absolute atomic E-state index is 8.61. The van der Waals surface area contributed by atoms with Crippen molar-refractivity contribution in [3.8, 4) is 0 Å². The van der Waals surface area contributed by atoms with Gasteiger partial charge in [0.05, 0.1) is 6.61 Å². The summed E-state index contributed by atoms with van der Waals surface area (Å²) in [6, 6.07) is 7.49. The molecule has 0 fully saturated rings. The third-order valence-corrected chi connectivity index (χ3v) is 1.21. The number of hydrogen-bond donors (Lipinski definition) is 1. The van der Waals surface area contributed by atoms with Crippen LogP contribution in [0.4, 0.5) is 0 Å². The molecular formula is C10H15O2W-. The topological polar surface area (TPSA) is 51.7 Å². The summed E-state index contributed by atoms with van der Waals surface area (Å²) >= 11 is 0. The van der Waals surface area contributed by atoms with E-state index in [0.29, 0.717) is 0 Å². The van der Waals surface area contributed by atoms with Gasteiger partial charge in [0.15, 0.2) is 0 Å². The first-order chi connectivity index (χ1) is 5.33. The maximum atomic E-state index is 8.61. The summed E-state index contributed by atoms with van der Waals surface area (Å²) in [6.07, 6.45) is 0. The van der Waals surface area contributed by atoms with Gasteiger partial charge in [0.1, 0.15) is 0 Å². The molecule has 1 rings (SSSR count). The van der Waals surface area contributed by atoms with Crippen LogP contribution < -0.4 is 0 Å².